The second-order valence-electron chi connectivity index (χ2n) is 5.33. The third-order valence-electron chi connectivity index (χ3n) is 3.99. The number of aryl methyl sites for hydroxylation is 1. The van der Waals surface area contributed by atoms with E-state index in [-0.39, 0.29) is 5.56 Å². The van der Waals surface area contributed by atoms with Crippen LogP contribution in [0.5, 0.6) is 0 Å². The molecule has 3 aromatic heterocycles. The fraction of sp³-hybridized carbons (Fsp3) is 0.250. The molecule has 0 amide bonds. The molecule has 0 unspecified atom stereocenters. The lowest BCUT2D eigenvalue weighted by Crippen LogP contribution is -2.24. The minimum absolute atomic E-state index is 0.0952. The van der Waals surface area contributed by atoms with E-state index in [0.29, 0.717) is 0 Å². The summed E-state index contributed by atoms with van der Waals surface area (Å²) in [5.74, 6) is 1.06. The number of H-pyrrole nitrogens is 1. The smallest absolute Gasteiger partial charge is 0.250 e. The third-order valence-corrected chi connectivity index (χ3v) is 3.99. The molecule has 1 aliphatic heterocycles. The van der Waals surface area contributed by atoms with Crippen LogP contribution in [0, 0.1) is 0 Å². The normalized spacial score (nSPS) is 15.0. The summed E-state index contributed by atoms with van der Waals surface area (Å²) in [6.45, 7) is 1.68. The first kappa shape index (κ1) is 12.2. The van der Waals surface area contributed by atoms with Crippen LogP contribution in [0.4, 0.5) is 5.69 Å². The van der Waals surface area contributed by atoms with Gasteiger partial charge in [-0.15, -0.1) is 0 Å². The minimum atomic E-state index is -0.0952. The van der Waals surface area contributed by atoms with Crippen LogP contribution in [0.1, 0.15) is 17.7 Å². The zero-order valence-electron chi connectivity index (χ0n) is 11.5. The fourth-order valence-electron chi connectivity index (χ4n) is 3.00. The zero-order valence-corrected chi connectivity index (χ0v) is 11.5. The van der Waals surface area contributed by atoms with Crippen molar-refractivity contribution < 1.29 is 4.42 Å². The number of hydrogen-bond acceptors (Lipinski definition) is 4. The molecule has 0 atom stereocenters. The highest BCUT2D eigenvalue weighted by atomic mass is 16.3. The van der Waals surface area contributed by atoms with Gasteiger partial charge in [0.05, 0.1) is 23.7 Å². The van der Waals surface area contributed by atoms with Gasteiger partial charge in [-0.1, -0.05) is 0 Å². The maximum atomic E-state index is 11.9. The van der Waals surface area contributed by atoms with E-state index in [2.05, 4.69) is 14.9 Å². The van der Waals surface area contributed by atoms with Gasteiger partial charge in [-0.3, -0.25) is 9.78 Å². The van der Waals surface area contributed by atoms with Crippen LogP contribution >= 0.6 is 0 Å². The van der Waals surface area contributed by atoms with E-state index in [9.17, 15) is 4.79 Å². The van der Waals surface area contributed by atoms with Crippen LogP contribution in [0.25, 0.3) is 10.9 Å². The van der Waals surface area contributed by atoms with Gasteiger partial charge in [0.2, 0.25) is 0 Å². The SMILES string of the molecule is O=c1cc(N2CCCc3occc3C2)c2ccncc2[nH]1. The van der Waals surface area contributed by atoms with Crippen LogP contribution in [-0.4, -0.2) is 16.5 Å². The molecule has 0 saturated carbocycles. The monoisotopic (exact) mass is 281 g/mol. The average Bonchev–Trinajstić information content (AvgIpc) is 2.83. The number of pyridine rings is 2. The van der Waals surface area contributed by atoms with E-state index in [4.69, 9.17) is 4.42 Å². The Morgan fingerprint density at radius 3 is 3.24 bits per heavy atom. The Labute approximate surface area is 121 Å². The predicted molar refractivity (Wildman–Crippen MR) is 80.4 cm³/mol. The number of rotatable bonds is 1. The number of nitrogens with zero attached hydrogens (tertiary/aromatic N) is 2. The third kappa shape index (κ3) is 2.11. The molecule has 1 N–H and O–H groups in total. The van der Waals surface area contributed by atoms with Gasteiger partial charge in [-0.2, -0.15) is 0 Å². The van der Waals surface area contributed by atoms with E-state index >= 15 is 0 Å². The number of aromatic nitrogens is 2. The Balaban J connectivity index is 1.85. The lowest BCUT2D eigenvalue weighted by Gasteiger charge is -2.23. The molecule has 4 heterocycles. The molecule has 0 saturated heterocycles. The molecule has 4 rings (SSSR count). The summed E-state index contributed by atoms with van der Waals surface area (Å²) in [5.41, 5.74) is 2.85. The molecule has 5 nitrogen and oxygen atoms in total. The molecule has 0 aliphatic carbocycles. The van der Waals surface area contributed by atoms with E-state index in [0.717, 1.165) is 48.3 Å². The van der Waals surface area contributed by atoms with Crippen molar-refractivity contribution in [2.24, 2.45) is 0 Å². The molecule has 106 valence electrons. The van der Waals surface area contributed by atoms with Crippen molar-refractivity contribution in [1.29, 1.82) is 0 Å². The standard InChI is InChI=1S/C16H15N3O2/c20-16-8-14(12-3-5-17-9-13(12)18-16)19-6-1-2-15-11(10-19)4-7-21-15/h3-5,7-9H,1-2,6,10H2,(H,18,20). The molecule has 0 fully saturated rings. The summed E-state index contributed by atoms with van der Waals surface area (Å²) in [5, 5.41) is 1.02. The van der Waals surface area contributed by atoms with Gasteiger partial charge in [0.25, 0.3) is 5.56 Å². The van der Waals surface area contributed by atoms with Gasteiger partial charge in [0.15, 0.2) is 0 Å². The maximum Gasteiger partial charge on any atom is 0.250 e. The number of aromatic amines is 1. The quantitative estimate of drug-likeness (QED) is 0.744. The number of anilines is 1. The topological polar surface area (TPSA) is 62.1 Å². The van der Waals surface area contributed by atoms with Crippen LogP contribution in [-0.2, 0) is 13.0 Å². The highest BCUT2D eigenvalue weighted by molar-refractivity contribution is 5.90. The summed E-state index contributed by atoms with van der Waals surface area (Å²) in [6, 6.07) is 5.64. The first-order chi connectivity index (χ1) is 10.3. The Hall–Kier alpha value is -2.56. The predicted octanol–water partition coefficient (Wildman–Crippen LogP) is 2.47. The molecule has 0 spiro atoms. The van der Waals surface area contributed by atoms with Gasteiger partial charge >= 0.3 is 0 Å². The second-order valence-corrected chi connectivity index (χ2v) is 5.33. The van der Waals surface area contributed by atoms with Crippen LogP contribution in [0.3, 0.4) is 0 Å². The Morgan fingerprint density at radius 1 is 1.33 bits per heavy atom. The summed E-state index contributed by atoms with van der Waals surface area (Å²) in [7, 11) is 0. The lowest BCUT2D eigenvalue weighted by molar-refractivity contribution is 0.504. The average molecular weight is 281 g/mol. The molecule has 1 aliphatic rings. The Kier molecular flexibility index (Phi) is 2.77. The van der Waals surface area contributed by atoms with Crippen molar-refractivity contribution >= 4 is 16.6 Å². The maximum absolute atomic E-state index is 11.9. The molecule has 0 radical (unpaired) electrons. The Bertz CT molecular complexity index is 850. The number of nitrogens with one attached hydrogen (secondary N) is 1. The van der Waals surface area contributed by atoms with Crippen molar-refractivity contribution in [2.75, 3.05) is 11.4 Å². The molecule has 21 heavy (non-hydrogen) atoms. The summed E-state index contributed by atoms with van der Waals surface area (Å²) < 4.78 is 5.53. The van der Waals surface area contributed by atoms with E-state index in [1.54, 1.807) is 24.7 Å². The molecule has 5 heteroatoms. The largest absolute Gasteiger partial charge is 0.469 e. The van der Waals surface area contributed by atoms with Crippen molar-refractivity contribution in [3.63, 3.8) is 0 Å². The Morgan fingerprint density at radius 2 is 2.29 bits per heavy atom. The van der Waals surface area contributed by atoms with Gasteiger partial charge in [0, 0.05) is 42.7 Å². The van der Waals surface area contributed by atoms with E-state index < -0.39 is 0 Å². The van der Waals surface area contributed by atoms with Crippen molar-refractivity contribution in [3.8, 4) is 0 Å². The highest BCUT2D eigenvalue weighted by Gasteiger charge is 2.19. The van der Waals surface area contributed by atoms with Crippen molar-refractivity contribution in [3.05, 3.63) is 58.5 Å². The zero-order chi connectivity index (χ0) is 14.2. The first-order valence-corrected chi connectivity index (χ1v) is 7.08. The van der Waals surface area contributed by atoms with Gasteiger partial charge in [0.1, 0.15) is 5.76 Å². The fourth-order valence-corrected chi connectivity index (χ4v) is 3.00. The molecular formula is C16H15N3O2. The lowest BCUT2D eigenvalue weighted by atomic mass is 10.2. The van der Waals surface area contributed by atoms with Crippen molar-refractivity contribution in [1.82, 2.24) is 9.97 Å². The molecule has 0 bridgehead atoms. The molecular weight excluding hydrogens is 266 g/mol. The second kappa shape index (κ2) is 4.77. The van der Waals surface area contributed by atoms with Gasteiger partial charge in [-0.25, -0.2) is 0 Å². The summed E-state index contributed by atoms with van der Waals surface area (Å²) in [6.07, 6.45) is 7.15. The number of hydrogen-bond donors (Lipinski definition) is 1. The summed E-state index contributed by atoms with van der Waals surface area (Å²) >= 11 is 0. The highest BCUT2D eigenvalue weighted by Crippen LogP contribution is 2.28. The number of furan rings is 1. The van der Waals surface area contributed by atoms with Crippen molar-refractivity contribution in [2.45, 2.75) is 19.4 Å². The molecule has 3 aromatic rings. The van der Waals surface area contributed by atoms with Gasteiger partial charge < -0.3 is 14.3 Å². The van der Waals surface area contributed by atoms with Crippen LogP contribution in [0.2, 0.25) is 0 Å². The molecule has 0 aromatic carbocycles. The first-order valence-electron chi connectivity index (χ1n) is 7.08. The van der Waals surface area contributed by atoms with E-state index in [1.165, 1.54) is 5.56 Å². The number of fused-ring (bicyclic) bond motifs is 2. The van der Waals surface area contributed by atoms with Gasteiger partial charge in [-0.05, 0) is 18.6 Å². The van der Waals surface area contributed by atoms with Crippen LogP contribution in [0.15, 0.2) is 46.1 Å². The minimum Gasteiger partial charge on any atom is -0.469 e. The summed E-state index contributed by atoms with van der Waals surface area (Å²) in [4.78, 5) is 21.1. The van der Waals surface area contributed by atoms with E-state index in [1.807, 2.05) is 12.1 Å². The van der Waals surface area contributed by atoms with Crippen LogP contribution < -0.4 is 10.5 Å².